The normalized spacial score (nSPS) is 22.1. The third-order valence-electron chi connectivity index (χ3n) is 3.83. The minimum atomic E-state index is -3.30. The lowest BCUT2D eigenvalue weighted by atomic mass is 10.0. The van der Waals surface area contributed by atoms with Crippen molar-refractivity contribution in [2.45, 2.75) is 24.3 Å². The van der Waals surface area contributed by atoms with Crippen molar-refractivity contribution < 1.29 is 13.2 Å². The van der Waals surface area contributed by atoms with E-state index in [-0.39, 0.29) is 16.8 Å². The first-order valence-electron chi connectivity index (χ1n) is 7.08. The van der Waals surface area contributed by atoms with Crippen molar-refractivity contribution >= 4 is 9.84 Å². The molecule has 0 saturated carbocycles. The quantitative estimate of drug-likeness (QED) is 0.802. The average molecular weight is 308 g/mol. The van der Waals surface area contributed by atoms with Crippen LogP contribution in [-0.4, -0.2) is 40.0 Å². The zero-order chi connectivity index (χ0) is 15.3. The molecule has 1 fully saturated rings. The van der Waals surface area contributed by atoms with Gasteiger partial charge in [0.25, 0.3) is 0 Å². The zero-order valence-electron chi connectivity index (χ0n) is 12.1. The lowest BCUT2D eigenvalue weighted by Crippen LogP contribution is -2.30. The van der Waals surface area contributed by atoms with Crippen LogP contribution < -0.4 is 5.32 Å². The molecule has 1 aromatic rings. The molecule has 0 bridgehead atoms. The highest BCUT2D eigenvalue weighted by atomic mass is 32.2. The fraction of sp³-hybridized carbons (Fsp3) is 0.533. The van der Waals surface area contributed by atoms with E-state index in [1.54, 1.807) is 0 Å². The second-order valence-electron chi connectivity index (χ2n) is 5.28. The summed E-state index contributed by atoms with van der Waals surface area (Å²) < 4.78 is 29.8. The van der Waals surface area contributed by atoms with Crippen LogP contribution in [0.5, 0.6) is 0 Å². The third-order valence-corrected chi connectivity index (χ3v) is 5.56. The molecule has 0 amide bonds. The summed E-state index contributed by atoms with van der Waals surface area (Å²) >= 11 is 0. The van der Waals surface area contributed by atoms with E-state index in [1.807, 2.05) is 13.0 Å². The van der Waals surface area contributed by atoms with Crippen LogP contribution in [0.2, 0.25) is 0 Å². The Balaban J connectivity index is 1.82. The first-order valence-corrected chi connectivity index (χ1v) is 8.73. The average Bonchev–Trinajstić information content (AvgIpc) is 2.89. The highest BCUT2D eigenvalue weighted by Gasteiger charge is 2.23. The van der Waals surface area contributed by atoms with Gasteiger partial charge >= 0.3 is 0 Å². The second-order valence-corrected chi connectivity index (χ2v) is 7.39. The van der Waals surface area contributed by atoms with E-state index in [1.165, 1.54) is 24.3 Å². The molecule has 0 spiro atoms. The van der Waals surface area contributed by atoms with Gasteiger partial charge in [0.2, 0.25) is 0 Å². The number of ether oxygens (including phenoxy) is 1. The Morgan fingerprint density at radius 3 is 2.67 bits per heavy atom. The van der Waals surface area contributed by atoms with Crippen LogP contribution in [0.25, 0.3) is 0 Å². The molecular weight excluding hydrogens is 288 g/mol. The molecule has 2 unspecified atom stereocenters. The minimum absolute atomic E-state index is 0.0564. The molecule has 5 nitrogen and oxygen atoms in total. The van der Waals surface area contributed by atoms with Crippen molar-refractivity contribution in [1.29, 1.82) is 5.26 Å². The molecule has 1 heterocycles. The monoisotopic (exact) mass is 308 g/mol. The summed E-state index contributed by atoms with van der Waals surface area (Å²) in [5.74, 6) is 0.517. The van der Waals surface area contributed by atoms with Crippen LogP contribution in [0.1, 0.15) is 18.9 Å². The van der Waals surface area contributed by atoms with Crippen LogP contribution in [-0.2, 0) is 14.6 Å². The summed E-state index contributed by atoms with van der Waals surface area (Å²) in [7, 11) is -3.30. The second kappa shape index (κ2) is 7.03. The first kappa shape index (κ1) is 16.0. The maximum absolute atomic E-state index is 12.1. The van der Waals surface area contributed by atoms with E-state index in [9.17, 15) is 8.42 Å². The van der Waals surface area contributed by atoms with E-state index in [0.717, 1.165) is 19.6 Å². The Morgan fingerprint density at radius 2 is 2.10 bits per heavy atom. The van der Waals surface area contributed by atoms with Crippen LogP contribution >= 0.6 is 0 Å². The van der Waals surface area contributed by atoms with Gasteiger partial charge in [-0.1, -0.05) is 0 Å². The number of hydrogen-bond donors (Lipinski definition) is 1. The maximum atomic E-state index is 12.1. The Hall–Kier alpha value is -1.42. The fourth-order valence-corrected chi connectivity index (χ4v) is 3.59. The van der Waals surface area contributed by atoms with Gasteiger partial charge in [0.15, 0.2) is 9.84 Å². The van der Waals surface area contributed by atoms with Gasteiger partial charge < -0.3 is 10.1 Å². The van der Waals surface area contributed by atoms with Crippen LogP contribution in [0.4, 0.5) is 0 Å². The summed E-state index contributed by atoms with van der Waals surface area (Å²) in [6.07, 6.45) is 1.27. The molecular formula is C15H20N2O3S. The van der Waals surface area contributed by atoms with Gasteiger partial charge in [0.05, 0.1) is 28.4 Å². The molecule has 1 aliphatic heterocycles. The lowest BCUT2D eigenvalue weighted by Gasteiger charge is -2.14. The van der Waals surface area contributed by atoms with Gasteiger partial charge in [0.1, 0.15) is 0 Å². The van der Waals surface area contributed by atoms with Gasteiger partial charge in [-0.15, -0.1) is 0 Å². The van der Waals surface area contributed by atoms with Crippen LogP contribution in [0, 0.1) is 17.2 Å². The van der Waals surface area contributed by atoms with E-state index >= 15 is 0 Å². The van der Waals surface area contributed by atoms with Crippen molar-refractivity contribution in [3.8, 4) is 6.07 Å². The Labute approximate surface area is 125 Å². The smallest absolute Gasteiger partial charge is 0.179 e. The number of hydrogen-bond acceptors (Lipinski definition) is 5. The Bertz CT molecular complexity index is 605. The molecule has 0 aromatic heterocycles. The van der Waals surface area contributed by atoms with Crippen LogP contribution in [0.3, 0.4) is 0 Å². The van der Waals surface area contributed by atoms with Crippen molar-refractivity contribution in [3.63, 3.8) is 0 Å². The molecule has 2 atom stereocenters. The molecule has 0 radical (unpaired) electrons. The number of rotatable bonds is 6. The fourth-order valence-electron chi connectivity index (χ4n) is 2.39. The summed E-state index contributed by atoms with van der Waals surface area (Å²) in [4.78, 5) is 0.265. The van der Waals surface area contributed by atoms with Gasteiger partial charge in [-0.3, -0.25) is 0 Å². The standard InChI is InChI=1S/C15H20N2O3S/c1-12-14(6-8-20-12)11-17-7-9-21(18,19)15-4-2-13(10-16)3-5-15/h2-5,12,14,17H,6-9,11H2,1H3. The topological polar surface area (TPSA) is 79.2 Å². The predicted octanol–water partition coefficient (Wildman–Crippen LogP) is 1.35. The number of nitriles is 1. The van der Waals surface area contributed by atoms with Gasteiger partial charge in [-0.25, -0.2) is 8.42 Å². The molecule has 1 N–H and O–H groups in total. The van der Waals surface area contributed by atoms with Gasteiger partial charge in [-0.2, -0.15) is 5.26 Å². The largest absolute Gasteiger partial charge is 0.378 e. The van der Waals surface area contributed by atoms with E-state index in [0.29, 0.717) is 18.0 Å². The molecule has 1 aromatic carbocycles. The zero-order valence-corrected chi connectivity index (χ0v) is 12.9. The van der Waals surface area contributed by atoms with Gasteiger partial charge in [0, 0.05) is 19.7 Å². The minimum Gasteiger partial charge on any atom is -0.378 e. The SMILES string of the molecule is CC1OCCC1CNCCS(=O)(=O)c1ccc(C#N)cc1. The van der Waals surface area contributed by atoms with Crippen molar-refractivity contribution in [3.05, 3.63) is 29.8 Å². The number of nitrogens with one attached hydrogen (secondary N) is 1. The highest BCUT2D eigenvalue weighted by molar-refractivity contribution is 7.91. The maximum Gasteiger partial charge on any atom is 0.179 e. The molecule has 1 saturated heterocycles. The number of benzene rings is 1. The summed E-state index contributed by atoms with van der Waals surface area (Å²) in [5, 5.41) is 11.9. The van der Waals surface area contributed by atoms with Crippen molar-refractivity contribution in [2.24, 2.45) is 5.92 Å². The first-order chi connectivity index (χ1) is 10.0. The van der Waals surface area contributed by atoms with Crippen molar-refractivity contribution in [1.82, 2.24) is 5.32 Å². The van der Waals surface area contributed by atoms with Crippen molar-refractivity contribution in [2.75, 3.05) is 25.4 Å². The number of nitrogens with zero attached hydrogens (tertiary/aromatic N) is 1. The molecule has 21 heavy (non-hydrogen) atoms. The Kier molecular flexibility index (Phi) is 5.34. The highest BCUT2D eigenvalue weighted by Crippen LogP contribution is 2.19. The molecule has 0 aliphatic carbocycles. The molecule has 114 valence electrons. The summed E-state index contributed by atoms with van der Waals surface area (Å²) in [6.45, 7) is 4.04. The summed E-state index contributed by atoms with van der Waals surface area (Å²) in [6, 6.07) is 8.00. The van der Waals surface area contributed by atoms with Crippen LogP contribution in [0.15, 0.2) is 29.2 Å². The van der Waals surface area contributed by atoms with E-state index in [2.05, 4.69) is 5.32 Å². The van der Waals surface area contributed by atoms with E-state index < -0.39 is 9.84 Å². The number of sulfone groups is 1. The lowest BCUT2D eigenvalue weighted by molar-refractivity contribution is 0.106. The van der Waals surface area contributed by atoms with E-state index in [4.69, 9.17) is 10.00 Å². The predicted molar refractivity (Wildman–Crippen MR) is 79.6 cm³/mol. The molecule has 1 aliphatic rings. The summed E-state index contributed by atoms with van der Waals surface area (Å²) in [5.41, 5.74) is 0.460. The van der Waals surface area contributed by atoms with Gasteiger partial charge in [-0.05, 0) is 43.5 Å². The molecule has 6 heteroatoms. The molecule has 2 rings (SSSR count). The Morgan fingerprint density at radius 1 is 1.38 bits per heavy atom. The third kappa shape index (κ3) is 4.27.